The summed E-state index contributed by atoms with van der Waals surface area (Å²) in [4.78, 5) is 14.8. The Morgan fingerprint density at radius 2 is 2.06 bits per heavy atom. The number of nitrogens with zero attached hydrogens (tertiary/aromatic N) is 1. The first-order valence-corrected chi connectivity index (χ1v) is 7.26. The minimum atomic E-state index is -2.47. The maximum Gasteiger partial charge on any atom is 0.288 e. The summed E-state index contributed by atoms with van der Waals surface area (Å²) in [7, 11) is 0. The minimum Gasteiger partial charge on any atom is -0.338 e. The van der Waals surface area contributed by atoms with Crippen LogP contribution in [0.2, 0.25) is 0 Å². The largest absolute Gasteiger partial charge is 0.338 e. The van der Waals surface area contributed by atoms with Crippen molar-refractivity contribution in [2.45, 2.75) is 29.9 Å². The van der Waals surface area contributed by atoms with Crippen molar-refractivity contribution in [3.05, 3.63) is 16.3 Å². The van der Waals surface area contributed by atoms with E-state index in [0.717, 1.165) is 32.4 Å². The number of amides is 1. The molecule has 0 N–H and O–H groups in total. The molecule has 0 unspecified atom stereocenters. The number of piperidine rings is 1. The Bertz CT molecular complexity index is 389. The number of carbonyl (C=O) groups is 1. The molecule has 2 heterocycles. The maximum absolute atomic E-state index is 12.3. The third kappa shape index (κ3) is 3.19. The number of hydrogen-bond donors (Lipinski definition) is 0. The van der Waals surface area contributed by atoms with Crippen LogP contribution in [0.3, 0.4) is 0 Å². The standard InChI is InChI=1S/C11H13F2NOS2/c12-11(13)17-8-4-7-16-9(8)10(15)14-5-2-1-3-6-14/h4,7,11H,1-3,5-6H2. The third-order valence-corrected chi connectivity index (χ3v) is 4.49. The van der Waals surface area contributed by atoms with Gasteiger partial charge in [-0.2, -0.15) is 8.78 Å². The van der Waals surface area contributed by atoms with Crippen molar-refractivity contribution in [2.75, 3.05) is 13.1 Å². The lowest BCUT2D eigenvalue weighted by Gasteiger charge is -2.26. The van der Waals surface area contributed by atoms with Gasteiger partial charge in [0.1, 0.15) is 4.88 Å². The third-order valence-electron chi connectivity index (χ3n) is 2.68. The highest BCUT2D eigenvalue weighted by Crippen LogP contribution is 2.33. The highest BCUT2D eigenvalue weighted by Gasteiger charge is 2.23. The molecule has 1 aromatic rings. The maximum atomic E-state index is 12.3. The molecule has 2 rings (SSSR count). The molecule has 17 heavy (non-hydrogen) atoms. The lowest BCUT2D eigenvalue weighted by molar-refractivity contribution is 0.0726. The molecule has 0 saturated carbocycles. The number of rotatable bonds is 3. The quantitative estimate of drug-likeness (QED) is 0.785. The van der Waals surface area contributed by atoms with Gasteiger partial charge in [0.05, 0.1) is 0 Å². The molecule has 0 aliphatic carbocycles. The van der Waals surface area contributed by atoms with Gasteiger partial charge in [0.15, 0.2) is 0 Å². The second-order valence-corrected chi connectivity index (χ2v) is 5.79. The van der Waals surface area contributed by atoms with Gasteiger partial charge in [0.25, 0.3) is 11.7 Å². The average molecular weight is 277 g/mol. The topological polar surface area (TPSA) is 20.3 Å². The van der Waals surface area contributed by atoms with Crippen LogP contribution >= 0.6 is 23.1 Å². The molecule has 0 aromatic carbocycles. The van der Waals surface area contributed by atoms with Crippen molar-refractivity contribution in [1.82, 2.24) is 4.90 Å². The van der Waals surface area contributed by atoms with E-state index < -0.39 is 5.76 Å². The zero-order valence-electron chi connectivity index (χ0n) is 9.20. The highest BCUT2D eigenvalue weighted by atomic mass is 32.2. The fourth-order valence-corrected chi connectivity index (χ4v) is 3.54. The lowest BCUT2D eigenvalue weighted by atomic mass is 10.1. The molecular formula is C11H13F2NOS2. The number of hydrogen-bond acceptors (Lipinski definition) is 3. The second kappa shape index (κ2) is 5.82. The number of halogens is 2. The zero-order chi connectivity index (χ0) is 12.3. The molecule has 0 spiro atoms. The van der Waals surface area contributed by atoms with Gasteiger partial charge in [0, 0.05) is 18.0 Å². The van der Waals surface area contributed by atoms with Crippen molar-refractivity contribution in [1.29, 1.82) is 0 Å². The molecule has 2 nitrogen and oxygen atoms in total. The van der Waals surface area contributed by atoms with Crippen LogP contribution in [0.4, 0.5) is 8.78 Å². The minimum absolute atomic E-state index is 0.0946. The Balaban J connectivity index is 2.10. The molecule has 6 heteroatoms. The van der Waals surface area contributed by atoms with E-state index in [9.17, 15) is 13.6 Å². The Hall–Kier alpha value is -0.620. The summed E-state index contributed by atoms with van der Waals surface area (Å²) in [6.07, 6.45) is 3.16. The van der Waals surface area contributed by atoms with Crippen LogP contribution < -0.4 is 0 Å². The first-order chi connectivity index (χ1) is 8.18. The van der Waals surface area contributed by atoms with Crippen LogP contribution in [0.25, 0.3) is 0 Å². The van der Waals surface area contributed by atoms with E-state index in [1.165, 1.54) is 11.3 Å². The smallest absolute Gasteiger partial charge is 0.288 e. The monoisotopic (exact) mass is 277 g/mol. The summed E-state index contributed by atoms with van der Waals surface area (Å²) >= 11 is 1.70. The van der Waals surface area contributed by atoms with Crippen molar-refractivity contribution in [3.8, 4) is 0 Å². The molecule has 0 bridgehead atoms. The van der Waals surface area contributed by atoms with Crippen LogP contribution in [0.5, 0.6) is 0 Å². The number of thiophene rings is 1. The molecule has 1 aromatic heterocycles. The first kappa shape index (κ1) is 12.8. The Morgan fingerprint density at radius 1 is 1.35 bits per heavy atom. The van der Waals surface area contributed by atoms with Crippen molar-refractivity contribution < 1.29 is 13.6 Å². The summed E-state index contributed by atoms with van der Waals surface area (Å²) in [5, 5.41) is 1.70. The summed E-state index contributed by atoms with van der Waals surface area (Å²) < 4.78 is 24.7. The first-order valence-electron chi connectivity index (χ1n) is 5.50. The molecule has 0 radical (unpaired) electrons. The fourth-order valence-electron chi connectivity index (χ4n) is 1.88. The summed E-state index contributed by atoms with van der Waals surface area (Å²) in [5.41, 5.74) is 0. The lowest BCUT2D eigenvalue weighted by Crippen LogP contribution is -2.35. The van der Waals surface area contributed by atoms with Gasteiger partial charge >= 0.3 is 0 Å². The summed E-state index contributed by atoms with van der Waals surface area (Å²) in [6.45, 7) is 1.49. The Labute approximate surface area is 107 Å². The normalized spacial score (nSPS) is 16.5. The zero-order valence-corrected chi connectivity index (χ0v) is 10.8. The Morgan fingerprint density at radius 3 is 2.71 bits per heavy atom. The van der Waals surface area contributed by atoms with Crippen LogP contribution in [-0.4, -0.2) is 29.7 Å². The van der Waals surface area contributed by atoms with Gasteiger partial charge in [-0.25, -0.2) is 0 Å². The van der Waals surface area contributed by atoms with Gasteiger partial charge in [-0.15, -0.1) is 11.3 Å². The van der Waals surface area contributed by atoms with Gasteiger partial charge in [-0.1, -0.05) is 11.8 Å². The summed E-state index contributed by atoms with van der Waals surface area (Å²) in [6, 6.07) is 1.60. The predicted octanol–water partition coefficient (Wildman–Crippen LogP) is 3.69. The highest BCUT2D eigenvalue weighted by molar-refractivity contribution is 7.99. The van der Waals surface area contributed by atoms with Crippen molar-refractivity contribution in [3.63, 3.8) is 0 Å². The molecule has 1 amide bonds. The van der Waals surface area contributed by atoms with Crippen molar-refractivity contribution >= 4 is 29.0 Å². The molecule has 1 fully saturated rings. The van der Waals surface area contributed by atoms with Gasteiger partial charge in [0.2, 0.25) is 0 Å². The van der Waals surface area contributed by atoms with Crippen LogP contribution in [0, 0.1) is 0 Å². The number of carbonyl (C=O) groups excluding carboxylic acids is 1. The van der Waals surface area contributed by atoms with E-state index in [1.54, 1.807) is 16.3 Å². The summed E-state index contributed by atoms with van der Waals surface area (Å²) in [5.74, 6) is -2.57. The molecule has 1 aliphatic rings. The number of thioether (sulfide) groups is 1. The number of likely N-dealkylation sites (tertiary alicyclic amines) is 1. The average Bonchev–Trinajstić information content (AvgIpc) is 2.76. The van der Waals surface area contributed by atoms with E-state index in [4.69, 9.17) is 0 Å². The van der Waals surface area contributed by atoms with Gasteiger partial charge in [-0.05, 0) is 30.7 Å². The van der Waals surface area contributed by atoms with Crippen LogP contribution in [0.15, 0.2) is 16.3 Å². The molecule has 0 atom stereocenters. The predicted molar refractivity (Wildman–Crippen MR) is 65.9 cm³/mol. The van der Waals surface area contributed by atoms with Crippen molar-refractivity contribution in [2.24, 2.45) is 0 Å². The number of alkyl halides is 2. The van der Waals surface area contributed by atoms with Crippen LogP contribution in [-0.2, 0) is 0 Å². The van der Waals surface area contributed by atoms with Crippen LogP contribution in [0.1, 0.15) is 28.9 Å². The second-order valence-electron chi connectivity index (χ2n) is 3.85. The molecular weight excluding hydrogens is 264 g/mol. The SMILES string of the molecule is O=C(c1sccc1SC(F)F)N1CCCCC1. The van der Waals surface area contributed by atoms with Gasteiger partial charge < -0.3 is 4.90 Å². The van der Waals surface area contributed by atoms with E-state index in [1.807, 2.05) is 0 Å². The van der Waals surface area contributed by atoms with E-state index in [2.05, 4.69) is 0 Å². The van der Waals surface area contributed by atoms with E-state index >= 15 is 0 Å². The Kier molecular flexibility index (Phi) is 4.39. The van der Waals surface area contributed by atoms with Gasteiger partial charge in [-0.3, -0.25) is 4.79 Å². The van der Waals surface area contributed by atoms with E-state index in [-0.39, 0.29) is 5.91 Å². The molecule has 94 valence electrons. The fraction of sp³-hybridized carbons (Fsp3) is 0.545. The molecule has 1 aliphatic heterocycles. The molecule has 1 saturated heterocycles. The van der Waals surface area contributed by atoms with E-state index in [0.29, 0.717) is 21.5 Å².